The molecule has 1 heterocycles. The Morgan fingerprint density at radius 1 is 1.25 bits per heavy atom. The summed E-state index contributed by atoms with van der Waals surface area (Å²) in [5.41, 5.74) is 0.391. The average Bonchev–Trinajstić information content (AvgIpc) is 2.96. The molecule has 0 saturated carbocycles. The predicted molar refractivity (Wildman–Crippen MR) is 83.0 cm³/mol. The van der Waals surface area contributed by atoms with Crippen molar-refractivity contribution in [3.8, 4) is 0 Å². The molecule has 1 aromatic heterocycles. The van der Waals surface area contributed by atoms with Crippen LogP contribution in [-0.2, 0) is 16.6 Å². The number of benzene rings is 1. The number of rotatable bonds is 5. The van der Waals surface area contributed by atoms with Crippen LogP contribution in [0.25, 0.3) is 0 Å². The summed E-state index contributed by atoms with van der Waals surface area (Å²) in [4.78, 5) is 23.3. The Balaban J connectivity index is 1.81. The first kappa shape index (κ1) is 17.6. The fourth-order valence-corrected chi connectivity index (χ4v) is 2.14. The molecule has 1 aromatic carbocycles. The first-order valence-corrected chi connectivity index (χ1v) is 7.22. The Hall–Kier alpha value is -2.74. The van der Waals surface area contributed by atoms with Gasteiger partial charge in [-0.25, -0.2) is 8.78 Å². The van der Waals surface area contributed by atoms with Gasteiger partial charge < -0.3 is 20.3 Å². The average molecular weight is 337 g/mol. The minimum Gasteiger partial charge on any atom is -0.387 e. The Morgan fingerprint density at radius 2 is 2.00 bits per heavy atom. The van der Waals surface area contributed by atoms with E-state index in [9.17, 15) is 23.5 Å². The Kier molecular flexibility index (Phi) is 5.64. The van der Waals surface area contributed by atoms with Crippen LogP contribution in [0.2, 0.25) is 0 Å². The summed E-state index contributed by atoms with van der Waals surface area (Å²) in [6, 6.07) is 6.11. The lowest BCUT2D eigenvalue weighted by Gasteiger charge is -2.12. The number of carbonyl (C=O) groups excluding carboxylic acids is 2. The number of aryl methyl sites for hydroxylation is 1. The van der Waals surface area contributed by atoms with E-state index >= 15 is 0 Å². The highest BCUT2D eigenvalue weighted by molar-refractivity contribution is 6.39. The second-order valence-electron chi connectivity index (χ2n) is 5.18. The van der Waals surface area contributed by atoms with E-state index in [0.717, 1.165) is 12.1 Å². The molecule has 0 spiro atoms. The smallest absolute Gasteiger partial charge is 0.313 e. The molecule has 0 aliphatic heterocycles. The highest BCUT2D eigenvalue weighted by Gasteiger charge is 2.17. The summed E-state index contributed by atoms with van der Waals surface area (Å²) in [6.07, 6.45) is 1.20. The molecule has 24 heavy (non-hydrogen) atoms. The molecule has 2 amide bonds. The fourth-order valence-electron chi connectivity index (χ4n) is 2.14. The van der Waals surface area contributed by atoms with Crippen molar-refractivity contribution >= 4 is 17.5 Å². The molecule has 0 aliphatic carbocycles. The van der Waals surface area contributed by atoms with Crippen molar-refractivity contribution in [2.24, 2.45) is 7.05 Å². The summed E-state index contributed by atoms with van der Waals surface area (Å²) in [7, 11) is 1.78. The molecule has 0 unspecified atom stereocenters. The fraction of sp³-hybridized carbons (Fsp3) is 0.250. The minimum atomic E-state index is -1.08. The Bertz CT molecular complexity index is 746. The Morgan fingerprint density at radius 3 is 2.62 bits per heavy atom. The van der Waals surface area contributed by atoms with Crippen molar-refractivity contribution in [1.29, 1.82) is 0 Å². The third-order valence-corrected chi connectivity index (χ3v) is 3.41. The lowest BCUT2D eigenvalue weighted by molar-refractivity contribution is -0.136. The van der Waals surface area contributed by atoms with Crippen molar-refractivity contribution in [2.45, 2.75) is 12.5 Å². The van der Waals surface area contributed by atoms with Crippen molar-refractivity contribution < 1.29 is 23.5 Å². The summed E-state index contributed by atoms with van der Waals surface area (Å²) in [5.74, 6) is -3.81. The standard InChI is InChI=1S/C16H17F2N3O3/c1-21-8-2-3-13(21)14(22)6-7-19-15(23)16(24)20-12-5-4-10(17)9-11(12)18/h2-5,8-9,14,22H,6-7H2,1H3,(H,19,23)(H,20,24)/t14-/m1/s1. The monoisotopic (exact) mass is 337 g/mol. The predicted octanol–water partition coefficient (Wildman–Crippen LogP) is 1.48. The molecule has 128 valence electrons. The van der Waals surface area contributed by atoms with Gasteiger partial charge in [0.1, 0.15) is 11.6 Å². The van der Waals surface area contributed by atoms with Crippen LogP contribution in [0.1, 0.15) is 18.2 Å². The van der Waals surface area contributed by atoms with Crippen LogP contribution >= 0.6 is 0 Å². The maximum atomic E-state index is 13.4. The maximum Gasteiger partial charge on any atom is 0.313 e. The third-order valence-electron chi connectivity index (χ3n) is 3.41. The first-order chi connectivity index (χ1) is 11.4. The van der Waals surface area contributed by atoms with Gasteiger partial charge in [-0.3, -0.25) is 9.59 Å². The van der Waals surface area contributed by atoms with E-state index in [1.807, 2.05) is 0 Å². The van der Waals surface area contributed by atoms with Crippen LogP contribution in [-0.4, -0.2) is 28.0 Å². The zero-order chi connectivity index (χ0) is 17.7. The lowest BCUT2D eigenvalue weighted by atomic mass is 10.2. The highest BCUT2D eigenvalue weighted by atomic mass is 19.1. The molecule has 0 saturated heterocycles. The van der Waals surface area contributed by atoms with Crippen LogP contribution in [0, 0.1) is 11.6 Å². The molecule has 2 aromatic rings. The van der Waals surface area contributed by atoms with Crippen LogP contribution in [0.3, 0.4) is 0 Å². The number of aliphatic hydroxyl groups is 1. The zero-order valence-electron chi connectivity index (χ0n) is 12.9. The minimum absolute atomic E-state index is 0.0600. The number of hydrogen-bond acceptors (Lipinski definition) is 3. The Labute approximate surface area is 137 Å². The molecule has 1 atom stereocenters. The molecule has 0 aliphatic rings. The molecule has 0 radical (unpaired) electrons. The summed E-state index contributed by atoms with van der Waals surface area (Å²) in [6.45, 7) is 0.0600. The molecule has 6 nitrogen and oxygen atoms in total. The zero-order valence-corrected chi connectivity index (χ0v) is 12.9. The van der Waals surface area contributed by atoms with Gasteiger partial charge in [0, 0.05) is 31.5 Å². The second-order valence-corrected chi connectivity index (χ2v) is 5.18. The van der Waals surface area contributed by atoms with Crippen LogP contribution in [0.4, 0.5) is 14.5 Å². The molecule has 3 N–H and O–H groups in total. The van der Waals surface area contributed by atoms with E-state index in [1.54, 1.807) is 29.9 Å². The number of anilines is 1. The SMILES string of the molecule is Cn1cccc1[C@H](O)CCNC(=O)C(=O)Nc1ccc(F)cc1F. The van der Waals surface area contributed by atoms with Gasteiger partial charge in [0.25, 0.3) is 0 Å². The van der Waals surface area contributed by atoms with Gasteiger partial charge in [0.15, 0.2) is 0 Å². The third kappa shape index (κ3) is 4.39. The largest absolute Gasteiger partial charge is 0.387 e. The van der Waals surface area contributed by atoms with Crippen molar-refractivity contribution in [3.63, 3.8) is 0 Å². The van der Waals surface area contributed by atoms with E-state index in [0.29, 0.717) is 11.8 Å². The number of carbonyl (C=O) groups is 2. The number of amides is 2. The number of halogens is 2. The van der Waals surface area contributed by atoms with Crippen LogP contribution in [0.5, 0.6) is 0 Å². The number of nitrogens with zero attached hydrogens (tertiary/aromatic N) is 1. The van der Waals surface area contributed by atoms with E-state index in [1.165, 1.54) is 0 Å². The highest BCUT2D eigenvalue weighted by Crippen LogP contribution is 2.16. The summed E-state index contributed by atoms with van der Waals surface area (Å²) < 4.78 is 27.9. The van der Waals surface area contributed by atoms with Gasteiger partial charge in [-0.1, -0.05) is 0 Å². The maximum absolute atomic E-state index is 13.4. The van der Waals surface area contributed by atoms with Gasteiger partial charge in [0.05, 0.1) is 11.8 Å². The quantitative estimate of drug-likeness (QED) is 0.723. The lowest BCUT2D eigenvalue weighted by Crippen LogP contribution is -2.36. The molecular weight excluding hydrogens is 320 g/mol. The van der Waals surface area contributed by atoms with Crippen molar-refractivity contribution in [3.05, 3.63) is 53.9 Å². The normalized spacial score (nSPS) is 11.8. The van der Waals surface area contributed by atoms with E-state index in [2.05, 4.69) is 10.6 Å². The van der Waals surface area contributed by atoms with E-state index < -0.39 is 29.6 Å². The topological polar surface area (TPSA) is 83.4 Å². The second kappa shape index (κ2) is 7.69. The van der Waals surface area contributed by atoms with Gasteiger partial charge in [-0.15, -0.1) is 0 Å². The van der Waals surface area contributed by atoms with Gasteiger partial charge >= 0.3 is 11.8 Å². The number of nitrogens with one attached hydrogen (secondary N) is 2. The molecule has 0 fully saturated rings. The van der Waals surface area contributed by atoms with E-state index in [-0.39, 0.29) is 18.7 Å². The number of hydrogen-bond donors (Lipinski definition) is 3. The number of aromatic nitrogens is 1. The molecule has 8 heteroatoms. The van der Waals surface area contributed by atoms with Gasteiger partial charge in [0.2, 0.25) is 0 Å². The van der Waals surface area contributed by atoms with Crippen molar-refractivity contribution in [2.75, 3.05) is 11.9 Å². The van der Waals surface area contributed by atoms with Crippen molar-refractivity contribution in [1.82, 2.24) is 9.88 Å². The number of aliphatic hydroxyl groups excluding tert-OH is 1. The molecule has 0 bridgehead atoms. The first-order valence-electron chi connectivity index (χ1n) is 7.22. The van der Waals surface area contributed by atoms with Gasteiger partial charge in [-0.2, -0.15) is 0 Å². The van der Waals surface area contributed by atoms with Crippen LogP contribution < -0.4 is 10.6 Å². The summed E-state index contributed by atoms with van der Waals surface area (Å²) >= 11 is 0. The van der Waals surface area contributed by atoms with E-state index in [4.69, 9.17) is 0 Å². The van der Waals surface area contributed by atoms with Gasteiger partial charge in [-0.05, 0) is 30.7 Å². The summed E-state index contributed by atoms with van der Waals surface area (Å²) in [5, 5.41) is 14.4. The molecule has 2 rings (SSSR count). The molecular formula is C16H17F2N3O3. The van der Waals surface area contributed by atoms with Crippen LogP contribution in [0.15, 0.2) is 36.5 Å².